The minimum Gasteiger partial charge on any atom is -0.384 e. The molecule has 0 aliphatic heterocycles. The zero-order chi connectivity index (χ0) is 13.0. The first-order chi connectivity index (χ1) is 8.69. The van der Waals surface area contributed by atoms with Crippen LogP contribution in [0, 0.1) is 0 Å². The molecule has 0 spiro atoms. The maximum absolute atomic E-state index is 5.62. The summed E-state index contributed by atoms with van der Waals surface area (Å²) in [5.74, 6) is 1.22. The summed E-state index contributed by atoms with van der Waals surface area (Å²) >= 11 is 0. The van der Waals surface area contributed by atoms with Gasteiger partial charge in [-0.3, -0.25) is 0 Å². The molecule has 0 fully saturated rings. The number of hydrogen-bond donors (Lipinski definition) is 2. The fourth-order valence-electron chi connectivity index (χ4n) is 1.80. The van der Waals surface area contributed by atoms with Crippen LogP contribution in [0.25, 0.3) is 0 Å². The van der Waals surface area contributed by atoms with Crippen molar-refractivity contribution in [2.24, 2.45) is 0 Å². The van der Waals surface area contributed by atoms with E-state index in [1.807, 2.05) is 0 Å². The first kappa shape index (κ1) is 12.4. The van der Waals surface area contributed by atoms with E-state index >= 15 is 0 Å². The molecule has 0 aliphatic rings. The molecule has 4 heteroatoms. The van der Waals surface area contributed by atoms with Crippen molar-refractivity contribution in [3.63, 3.8) is 0 Å². The van der Waals surface area contributed by atoms with E-state index in [2.05, 4.69) is 53.4 Å². The van der Waals surface area contributed by atoms with E-state index in [-0.39, 0.29) is 6.04 Å². The van der Waals surface area contributed by atoms with Crippen LogP contribution in [0.15, 0.2) is 36.7 Å². The van der Waals surface area contributed by atoms with Gasteiger partial charge in [-0.2, -0.15) is 0 Å². The number of aryl methyl sites for hydroxylation is 1. The predicted molar refractivity (Wildman–Crippen MR) is 74.3 cm³/mol. The lowest BCUT2D eigenvalue weighted by Crippen LogP contribution is -2.08. The second kappa shape index (κ2) is 5.49. The third-order valence-corrected chi connectivity index (χ3v) is 2.94. The molecule has 0 bridgehead atoms. The van der Waals surface area contributed by atoms with Crippen LogP contribution in [0.5, 0.6) is 0 Å². The van der Waals surface area contributed by atoms with E-state index in [0.717, 1.165) is 12.2 Å². The van der Waals surface area contributed by atoms with Gasteiger partial charge in [-0.05, 0) is 24.5 Å². The highest BCUT2D eigenvalue weighted by Crippen LogP contribution is 2.18. The summed E-state index contributed by atoms with van der Waals surface area (Å²) in [4.78, 5) is 8.01. The van der Waals surface area contributed by atoms with Crippen LogP contribution in [0.1, 0.15) is 31.0 Å². The van der Waals surface area contributed by atoms with E-state index < -0.39 is 0 Å². The smallest absolute Gasteiger partial charge is 0.131 e. The lowest BCUT2D eigenvalue weighted by atomic mass is 10.1. The molecule has 3 N–H and O–H groups in total. The molecule has 0 aliphatic carbocycles. The first-order valence-corrected chi connectivity index (χ1v) is 6.12. The third kappa shape index (κ3) is 2.97. The van der Waals surface area contributed by atoms with Crippen LogP contribution in [0.2, 0.25) is 0 Å². The monoisotopic (exact) mass is 242 g/mol. The zero-order valence-electron chi connectivity index (χ0n) is 10.7. The fraction of sp³-hybridized carbons (Fsp3) is 0.286. The fourth-order valence-corrected chi connectivity index (χ4v) is 1.80. The summed E-state index contributed by atoms with van der Waals surface area (Å²) in [6.07, 6.45) is 2.52. The molecule has 0 saturated heterocycles. The van der Waals surface area contributed by atoms with Crippen molar-refractivity contribution in [3.8, 4) is 0 Å². The molecule has 1 heterocycles. The van der Waals surface area contributed by atoms with Crippen LogP contribution < -0.4 is 11.1 Å². The molecule has 0 amide bonds. The highest BCUT2D eigenvalue weighted by Gasteiger charge is 2.06. The van der Waals surface area contributed by atoms with Gasteiger partial charge in [-0.1, -0.05) is 31.2 Å². The summed E-state index contributed by atoms with van der Waals surface area (Å²) in [6, 6.07) is 10.5. The Hall–Kier alpha value is -2.10. The first-order valence-electron chi connectivity index (χ1n) is 6.12. The van der Waals surface area contributed by atoms with Gasteiger partial charge in [-0.15, -0.1) is 0 Å². The Kier molecular flexibility index (Phi) is 3.77. The van der Waals surface area contributed by atoms with Gasteiger partial charge in [0.05, 0.1) is 0 Å². The Bertz CT molecular complexity index is 507. The predicted octanol–water partition coefficient (Wildman–Crippen LogP) is 2.79. The van der Waals surface area contributed by atoms with Crippen molar-refractivity contribution in [1.29, 1.82) is 0 Å². The largest absolute Gasteiger partial charge is 0.384 e. The van der Waals surface area contributed by atoms with E-state index in [1.165, 1.54) is 17.5 Å². The summed E-state index contributed by atoms with van der Waals surface area (Å²) in [6.45, 7) is 4.25. The molecular weight excluding hydrogens is 224 g/mol. The molecule has 1 aromatic heterocycles. The van der Waals surface area contributed by atoms with Crippen molar-refractivity contribution in [3.05, 3.63) is 47.8 Å². The molecule has 18 heavy (non-hydrogen) atoms. The summed E-state index contributed by atoms with van der Waals surface area (Å²) in [5.41, 5.74) is 8.19. The minimum atomic E-state index is 0.185. The Morgan fingerprint density at radius 3 is 2.56 bits per heavy atom. The zero-order valence-corrected chi connectivity index (χ0v) is 10.7. The molecule has 4 nitrogen and oxygen atoms in total. The Morgan fingerprint density at radius 1 is 1.22 bits per heavy atom. The number of anilines is 2. The molecular formula is C14H18N4. The normalized spacial score (nSPS) is 12.1. The van der Waals surface area contributed by atoms with Crippen LogP contribution in [0.3, 0.4) is 0 Å². The van der Waals surface area contributed by atoms with Crippen molar-refractivity contribution in [2.75, 3.05) is 11.1 Å². The number of benzene rings is 1. The Balaban J connectivity index is 2.09. The van der Waals surface area contributed by atoms with Gasteiger partial charge in [0.15, 0.2) is 0 Å². The number of nitrogens with zero attached hydrogens (tertiary/aromatic N) is 2. The van der Waals surface area contributed by atoms with Gasteiger partial charge in [0.25, 0.3) is 0 Å². The number of aromatic nitrogens is 2. The van der Waals surface area contributed by atoms with Crippen LogP contribution in [-0.2, 0) is 6.42 Å². The number of rotatable bonds is 4. The molecule has 94 valence electrons. The van der Waals surface area contributed by atoms with Gasteiger partial charge in [-0.25, -0.2) is 9.97 Å². The number of nitrogens with two attached hydrogens (primary N) is 1. The minimum absolute atomic E-state index is 0.185. The quantitative estimate of drug-likeness (QED) is 0.865. The SMILES string of the molecule is CCc1ccc(C(C)Nc2cc(N)ncn2)cc1. The van der Waals surface area contributed by atoms with E-state index in [9.17, 15) is 0 Å². The topological polar surface area (TPSA) is 63.8 Å². The van der Waals surface area contributed by atoms with Gasteiger partial charge in [0.1, 0.15) is 18.0 Å². The van der Waals surface area contributed by atoms with Gasteiger partial charge >= 0.3 is 0 Å². The maximum Gasteiger partial charge on any atom is 0.131 e. The highest BCUT2D eigenvalue weighted by molar-refractivity contribution is 5.45. The van der Waals surface area contributed by atoms with E-state index in [4.69, 9.17) is 5.73 Å². The average Bonchev–Trinajstić information content (AvgIpc) is 2.39. The molecule has 0 radical (unpaired) electrons. The standard InChI is InChI=1S/C14H18N4/c1-3-11-4-6-12(7-5-11)10(2)18-14-8-13(15)16-9-17-14/h4-10H,3H2,1-2H3,(H3,15,16,17,18). The molecule has 1 aromatic carbocycles. The maximum atomic E-state index is 5.62. The van der Waals surface area contributed by atoms with Gasteiger partial charge < -0.3 is 11.1 Å². The summed E-state index contributed by atoms with van der Waals surface area (Å²) in [5, 5.41) is 3.31. The lowest BCUT2D eigenvalue weighted by Gasteiger charge is -2.15. The van der Waals surface area contributed by atoms with Gasteiger partial charge in [0, 0.05) is 12.1 Å². The van der Waals surface area contributed by atoms with Crippen molar-refractivity contribution < 1.29 is 0 Å². The number of nitrogens with one attached hydrogen (secondary N) is 1. The molecule has 2 aromatic rings. The third-order valence-electron chi connectivity index (χ3n) is 2.94. The van der Waals surface area contributed by atoms with Crippen LogP contribution >= 0.6 is 0 Å². The summed E-state index contributed by atoms with van der Waals surface area (Å²) < 4.78 is 0. The Morgan fingerprint density at radius 2 is 1.94 bits per heavy atom. The van der Waals surface area contributed by atoms with Crippen molar-refractivity contribution in [2.45, 2.75) is 26.3 Å². The average molecular weight is 242 g/mol. The number of nitrogen functional groups attached to an aromatic ring is 1. The molecule has 1 atom stereocenters. The molecule has 0 saturated carbocycles. The van der Waals surface area contributed by atoms with E-state index in [0.29, 0.717) is 5.82 Å². The number of hydrogen-bond acceptors (Lipinski definition) is 4. The van der Waals surface area contributed by atoms with Crippen LogP contribution in [-0.4, -0.2) is 9.97 Å². The van der Waals surface area contributed by atoms with Crippen molar-refractivity contribution >= 4 is 11.6 Å². The lowest BCUT2D eigenvalue weighted by molar-refractivity contribution is 0.870. The second-order valence-electron chi connectivity index (χ2n) is 4.29. The highest BCUT2D eigenvalue weighted by atomic mass is 15.0. The van der Waals surface area contributed by atoms with E-state index in [1.54, 1.807) is 6.07 Å². The van der Waals surface area contributed by atoms with Crippen molar-refractivity contribution in [1.82, 2.24) is 9.97 Å². The van der Waals surface area contributed by atoms with Crippen LogP contribution in [0.4, 0.5) is 11.6 Å². The second-order valence-corrected chi connectivity index (χ2v) is 4.29. The Labute approximate surface area is 107 Å². The molecule has 1 unspecified atom stereocenters. The summed E-state index contributed by atoms with van der Waals surface area (Å²) in [7, 11) is 0. The van der Waals surface area contributed by atoms with Gasteiger partial charge in [0.2, 0.25) is 0 Å². The molecule has 2 rings (SSSR count).